The Bertz CT molecular complexity index is 857. The number of rotatable bonds is 8. The van der Waals surface area contributed by atoms with Crippen molar-refractivity contribution >= 4 is 5.91 Å². The third-order valence-corrected chi connectivity index (χ3v) is 4.38. The second-order valence-corrected chi connectivity index (χ2v) is 6.67. The molecule has 140 valence electrons. The molecule has 0 spiro atoms. The van der Waals surface area contributed by atoms with Gasteiger partial charge < -0.3 is 9.32 Å². The quantitative estimate of drug-likeness (QED) is 0.594. The molecule has 0 aliphatic heterocycles. The molecule has 0 saturated carbocycles. The number of carbonyl (C=O) groups excluding carboxylic acids is 1. The van der Waals surface area contributed by atoms with E-state index >= 15 is 0 Å². The van der Waals surface area contributed by atoms with Crippen molar-refractivity contribution in [3.63, 3.8) is 0 Å². The van der Waals surface area contributed by atoms with Crippen LogP contribution in [0, 0.1) is 6.92 Å². The fourth-order valence-electron chi connectivity index (χ4n) is 2.91. The summed E-state index contributed by atoms with van der Waals surface area (Å²) in [6, 6.07) is 18.0. The summed E-state index contributed by atoms with van der Waals surface area (Å²) >= 11 is 0. The lowest BCUT2D eigenvalue weighted by Gasteiger charge is -2.22. The fraction of sp³-hybridized carbons (Fsp3) is 0.318. The van der Waals surface area contributed by atoms with E-state index in [1.165, 1.54) is 5.56 Å². The summed E-state index contributed by atoms with van der Waals surface area (Å²) in [7, 11) is 0. The highest BCUT2D eigenvalue weighted by Crippen LogP contribution is 2.19. The average Bonchev–Trinajstić information content (AvgIpc) is 3.16. The van der Waals surface area contributed by atoms with Gasteiger partial charge in [0.15, 0.2) is 0 Å². The highest BCUT2D eigenvalue weighted by atomic mass is 16.4. The number of hydrogen-bond acceptors (Lipinski definition) is 4. The van der Waals surface area contributed by atoms with Gasteiger partial charge in [0.05, 0.1) is 0 Å². The maximum Gasteiger partial charge on any atom is 0.247 e. The van der Waals surface area contributed by atoms with Crippen LogP contribution in [0.1, 0.15) is 36.8 Å². The molecule has 5 nitrogen and oxygen atoms in total. The second kappa shape index (κ2) is 9.12. The molecule has 1 heterocycles. The molecule has 0 aliphatic carbocycles. The lowest BCUT2D eigenvalue weighted by atomic mass is 10.1. The van der Waals surface area contributed by atoms with Crippen molar-refractivity contribution in [2.24, 2.45) is 0 Å². The van der Waals surface area contributed by atoms with Gasteiger partial charge in [0.25, 0.3) is 0 Å². The Morgan fingerprint density at radius 3 is 2.48 bits per heavy atom. The molecular weight excluding hydrogens is 338 g/mol. The summed E-state index contributed by atoms with van der Waals surface area (Å²) < 4.78 is 5.73. The van der Waals surface area contributed by atoms with Gasteiger partial charge >= 0.3 is 0 Å². The van der Waals surface area contributed by atoms with E-state index in [0.717, 1.165) is 24.1 Å². The van der Waals surface area contributed by atoms with E-state index in [-0.39, 0.29) is 5.91 Å². The molecule has 0 saturated heterocycles. The zero-order valence-corrected chi connectivity index (χ0v) is 15.9. The van der Waals surface area contributed by atoms with Crippen LogP contribution in [0.25, 0.3) is 11.5 Å². The number of aromatic nitrogens is 2. The standard InChI is InChI=1S/C22H25N3O2/c1-3-15-25(16-18-7-5-4-6-8-18)21(26)14-13-20-23-24-22(27-20)19-11-9-17(2)10-12-19/h4-12H,3,13-16H2,1-2H3. The molecule has 1 amide bonds. The van der Waals surface area contributed by atoms with E-state index in [0.29, 0.717) is 31.2 Å². The first-order valence-electron chi connectivity index (χ1n) is 9.37. The van der Waals surface area contributed by atoms with E-state index in [9.17, 15) is 4.79 Å². The Morgan fingerprint density at radius 2 is 1.78 bits per heavy atom. The van der Waals surface area contributed by atoms with Crippen molar-refractivity contribution < 1.29 is 9.21 Å². The van der Waals surface area contributed by atoms with Gasteiger partial charge in [0.2, 0.25) is 17.7 Å². The number of hydrogen-bond donors (Lipinski definition) is 0. The molecule has 3 aromatic rings. The first-order chi connectivity index (χ1) is 13.2. The van der Waals surface area contributed by atoms with Crippen LogP contribution in [0.5, 0.6) is 0 Å². The molecule has 27 heavy (non-hydrogen) atoms. The zero-order chi connectivity index (χ0) is 19.1. The summed E-state index contributed by atoms with van der Waals surface area (Å²) in [6.45, 7) is 5.49. The lowest BCUT2D eigenvalue weighted by molar-refractivity contribution is -0.131. The van der Waals surface area contributed by atoms with Crippen LogP contribution in [-0.2, 0) is 17.8 Å². The van der Waals surface area contributed by atoms with E-state index in [4.69, 9.17) is 4.42 Å². The normalized spacial score (nSPS) is 10.7. The number of nitrogens with zero attached hydrogens (tertiary/aromatic N) is 3. The Kier molecular flexibility index (Phi) is 6.36. The van der Waals surface area contributed by atoms with Crippen molar-refractivity contribution in [2.45, 2.75) is 39.7 Å². The van der Waals surface area contributed by atoms with E-state index in [1.54, 1.807) is 0 Å². The summed E-state index contributed by atoms with van der Waals surface area (Å²) in [4.78, 5) is 14.6. The van der Waals surface area contributed by atoms with Crippen molar-refractivity contribution in [1.82, 2.24) is 15.1 Å². The molecule has 0 N–H and O–H groups in total. The van der Waals surface area contributed by atoms with Crippen LogP contribution in [-0.4, -0.2) is 27.5 Å². The maximum absolute atomic E-state index is 12.7. The Hall–Kier alpha value is -2.95. The largest absolute Gasteiger partial charge is 0.421 e. The van der Waals surface area contributed by atoms with Gasteiger partial charge in [-0.3, -0.25) is 4.79 Å². The van der Waals surface area contributed by atoms with E-state index in [1.807, 2.05) is 66.4 Å². The molecule has 0 radical (unpaired) electrons. The van der Waals surface area contributed by atoms with Crippen molar-refractivity contribution in [3.05, 3.63) is 71.6 Å². The summed E-state index contributed by atoms with van der Waals surface area (Å²) in [5, 5.41) is 8.19. The van der Waals surface area contributed by atoms with Gasteiger partial charge in [-0.1, -0.05) is 55.0 Å². The van der Waals surface area contributed by atoms with Crippen molar-refractivity contribution in [2.75, 3.05) is 6.54 Å². The predicted molar refractivity (Wildman–Crippen MR) is 105 cm³/mol. The molecule has 3 rings (SSSR count). The van der Waals surface area contributed by atoms with Gasteiger partial charge in [-0.15, -0.1) is 10.2 Å². The minimum atomic E-state index is 0.107. The van der Waals surface area contributed by atoms with Crippen LogP contribution in [0.2, 0.25) is 0 Å². The molecule has 0 unspecified atom stereocenters. The molecule has 5 heteroatoms. The topological polar surface area (TPSA) is 59.2 Å². The molecular formula is C22H25N3O2. The zero-order valence-electron chi connectivity index (χ0n) is 15.9. The van der Waals surface area contributed by atoms with Crippen LogP contribution in [0.4, 0.5) is 0 Å². The van der Waals surface area contributed by atoms with Gasteiger partial charge in [0.1, 0.15) is 0 Å². The molecule has 2 aromatic carbocycles. The molecule has 0 bridgehead atoms. The summed E-state index contributed by atoms with van der Waals surface area (Å²) in [5.74, 6) is 1.10. The third-order valence-electron chi connectivity index (χ3n) is 4.38. The minimum Gasteiger partial charge on any atom is -0.421 e. The van der Waals surface area contributed by atoms with Crippen LogP contribution >= 0.6 is 0 Å². The first kappa shape index (κ1) is 18.8. The number of amides is 1. The molecule has 0 atom stereocenters. The fourth-order valence-corrected chi connectivity index (χ4v) is 2.91. The van der Waals surface area contributed by atoms with Gasteiger partial charge in [-0.2, -0.15) is 0 Å². The lowest BCUT2D eigenvalue weighted by Crippen LogP contribution is -2.31. The Morgan fingerprint density at radius 1 is 1.04 bits per heavy atom. The predicted octanol–water partition coefficient (Wildman–Crippen LogP) is 4.42. The summed E-state index contributed by atoms with van der Waals surface area (Å²) in [6.07, 6.45) is 1.74. The summed E-state index contributed by atoms with van der Waals surface area (Å²) in [5.41, 5.74) is 3.21. The smallest absolute Gasteiger partial charge is 0.247 e. The second-order valence-electron chi connectivity index (χ2n) is 6.67. The highest BCUT2D eigenvalue weighted by Gasteiger charge is 2.15. The maximum atomic E-state index is 12.7. The number of aryl methyl sites for hydroxylation is 2. The molecule has 1 aromatic heterocycles. The van der Waals surface area contributed by atoms with Gasteiger partial charge in [-0.05, 0) is 31.0 Å². The monoisotopic (exact) mass is 363 g/mol. The van der Waals surface area contributed by atoms with Crippen molar-refractivity contribution in [3.8, 4) is 11.5 Å². The Labute approximate surface area is 160 Å². The van der Waals surface area contributed by atoms with Crippen LogP contribution in [0.15, 0.2) is 59.0 Å². The Balaban J connectivity index is 1.59. The molecule has 0 aliphatic rings. The average molecular weight is 363 g/mol. The van der Waals surface area contributed by atoms with Gasteiger partial charge in [-0.25, -0.2) is 0 Å². The van der Waals surface area contributed by atoms with Crippen LogP contribution in [0.3, 0.4) is 0 Å². The van der Waals surface area contributed by atoms with Crippen molar-refractivity contribution in [1.29, 1.82) is 0 Å². The minimum absolute atomic E-state index is 0.107. The van der Waals surface area contributed by atoms with E-state index < -0.39 is 0 Å². The highest BCUT2D eigenvalue weighted by molar-refractivity contribution is 5.76. The van der Waals surface area contributed by atoms with Gasteiger partial charge in [0, 0.05) is 31.5 Å². The number of benzene rings is 2. The number of carbonyl (C=O) groups is 1. The SMILES string of the molecule is CCCN(Cc1ccccc1)C(=O)CCc1nnc(-c2ccc(C)cc2)o1. The first-order valence-corrected chi connectivity index (χ1v) is 9.37. The molecule has 0 fully saturated rings. The van der Waals surface area contributed by atoms with Crippen LogP contribution < -0.4 is 0 Å². The van der Waals surface area contributed by atoms with E-state index in [2.05, 4.69) is 17.1 Å². The third kappa shape index (κ3) is 5.26.